The summed E-state index contributed by atoms with van der Waals surface area (Å²) in [6.07, 6.45) is -0.452. The largest absolute Gasteiger partial charge is 0.445 e. The molecule has 0 aliphatic carbocycles. The third-order valence-corrected chi connectivity index (χ3v) is 2.71. The fourth-order valence-electron chi connectivity index (χ4n) is 1.49. The Morgan fingerprint density at radius 3 is 2.68 bits per heavy atom. The molecule has 0 heterocycles. The normalized spacial score (nSPS) is 9.95. The molecule has 0 saturated carbocycles. The van der Waals surface area contributed by atoms with Crippen LogP contribution in [0.15, 0.2) is 48.5 Å². The van der Waals surface area contributed by atoms with Gasteiger partial charge in [0.25, 0.3) is 0 Å². The molecule has 0 spiro atoms. The average molecular weight is 275 g/mol. The number of hydrogen-bond donors (Lipinski definition) is 1. The second-order valence-electron chi connectivity index (χ2n) is 3.95. The van der Waals surface area contributed by atoms with Crippen LogP contribution in [0.5, 0.6) is 0 Å². The van der Waals surface area contributed by atoms with Crippen LogP contribution in [0.2, 0.25) is 5.02 Å². The van der Waals surface area contributed by atoms with Gasteiger partial charge < -0.3 is 10.1 Å². The van der Waals surface area contributed by atoms with E-state index >= 15 is 0 Å². The molecule has 3 nitrogen and oxygen atoms in total. The number of hydrogen-bond acceptors (Lipinski definition) is 2. The highest BCUT2D eigenvalue weighted by molar-refractivity contribution is 6.30. The molecule has 1 amide bonds. The highest BCUT2D eigenvalue weighted by atomic mass is 35.5. The zero-order valence-corrected chi connectivity index (χ0v) is 11.0. The molecule has 0 saturated heterocycles. The molecule has 1 radical (unpaired) electrons. The van der Waals surface area contributed by atoms with E-state index in [4.69, 9.17) is 16.3 Å². The summed E-state index contributed by atoms with van der Waals surface area (Å²) >= 11 is 5.75. The van der Waals surface area contributed by atoms with Crippen molar-refractivity contribution in [2.75, 3.05) is 0 Å². The summed E-state index contributed by atoms with van der Waals surface area (Å²) in [4.78, 5) is 11.5. The van der Waals surface area contributed by atoms with Crippen LogP contribution in [0, 0.1) is 6.07 Å². The quantitative estimate of drug-likeness (QED) is 0.926. The minimum absolute atomic E-state index is 0.261. The molecule has 1 N–H and O–H groups in total. The Hall–Kier alpha value is -2.00. The number of rotatable bonds is 4. The Morgan fingerprint density at radius 2 is 2.00 bits per heavy atom. The Bertz CT molecular complexity index is 526. The molecule has 0 atom stereocenters. The molecule has 97 valence electrons. The first-order valence-electron chi connectivity index (χ1n) is 5.85. The first-order chi connectivity index (χ1) is 9.24. The second-order valence-corrected chi connectivity index (χ2v) is 4.38. The molecule has 4 heteroatoms. The van der Waals surface area contributed by atoms with E-state index < -0.39 is 6.09 Å². The summed E-state index contributed by atoms with van der Waals surface area (Å²) in [7, 11) is 0. The van der Waals surface area contributed by atoms with Gasteiger partial charge in [-0.1, -0.05) is 48.0 Å². The van der Waals surface area contributed by atoms with Crippen LogP contribution in [0.25, 0.3) is 0 Å². The van der Waals surface area contributed by atoms with Gasteiger partial charge in [0, 0.05) is 11.6 Å². The zero-order valence-electron chi connectivity index (χ0n) is 10.2. The number of benzene rings is 2. The summed E-state index contributed by atoms with van der Waals surface area (Å²) in [6.45, 7) is 0.627. The van der Waals surface area contributed by atoms with Gasteiger partial charge in [0.1, 0.15) is 6.61 Å². The summed E-state index contributed by atoms with van der Waals surface area (Å²) in [5, 5.41) is 3.27. The molecule has 2 aromatic carbocycles. The van der Waals surface area contributed by atoms with Crippen molar-refractivity contribution in [3.8, 4) is 0 Å². The Morgan fingerprint density at radius 1 is 1.21 bits per heavy atom. The highest BCUT2D eigenvalue weighted by Crippen LogP contribution is 2.08. The third kappa shape index (κ3) is 4.64. The Kier molecular flexibility index (Phi) is 4.81. The monoisotopic (exact) mass is 274 g/mol. The molecule has 2 rings (SSSR count). The van der Waals surface area contributed by atoms with Crippen molar-refractivity contribution < 1.29 is 9.53 Å². The molecule has 0 aliphatic rings. The van der Waals surface area contributed by atoms with Gasteiger partial charge >= 0.3 is 6.09 Å². The highest BCUT2D eigenvalue weighted by Gasteiger charge is 2.02. The van der Waals surface area contributed by atoms with Crippen LogP contribution in [0.4, 0.5) is 4.79 Å². The molecule has 0 bridgehead atoms. The van der Waals surface area contributed by atoms with Gasteiger partial charge in [-0.3, -0.25) is 0 Å². The summed E-state index contributed by atoms with van der Waals surface area (Å²) in [5.41, 5.74) is 1.80. The van der Waals surface area contributed by atoms with Crippen molar-refractivity contribution in [3.63, 3.8) is 0 Å². The number of ether oxygens (including phenoxy) is 1. The maximum atomic E-state index is 11.5. The van der Waals surface area contributed by atoms with Crippen molar-refractivity contribution >= 4 is 17.7 Å². The lowest BCUT2D eigenvalue weighted by Crippen LogP contribution is -2.23. The fourth-order valence-corrected chi connectivity index (χ4v) is 1.61. The van der Waals surface area contributed by atoms with Gasteiger partial charge in [-0.15, -0.1) is 0 Å². The predicted octanol–water partition coefficient (Wildman–Crippen LogP) is 3.57. The van der Waals surface area contributed by atoms with E-state index in [1.807, 2.05) is 30.3 Å². The van der Waals surface area contributed by atoms with Crippen molar-refractivity contribution in [3.05, 3.63) is 70.7 Å². The Labute approximate surface area is 117 Å². The lowest BCUT2D eigenvalue weighted by atomic mass is 10.2. The van der Waals surface area contributed by atoms with E-state index in [2.05, 4.69) is 11.4 Å². The molecular formula is C15H13ClNO2. The molecular weight excluding hydrogens is 262 g/mol. The van der Waals surface area contributed by atoms with Crippen LogP contribution in [-0.2, 0) is 17.9 Å². The third-order valence-electron chi connectivity index (χ3n) is 2.48. The molecule has 0 unspecified atom stereocenters. The topological polar surface area (TPSA) is 38.3 Å². The minimum Gasteiger partial charge on any atom is -0.445 e. The van der Waals surface area contributed by atoms with Crippen LogP contribution in [0.3, 0.4) is 0 Å². The van der Waals surface area contributed by atoms with E-state index in [1.165, 1.54) is 0 Å². The number of carbonyl (C=O) groups excluding carboxylic acids is 1. The summed E-state index contributed by atoms with van der Waals surface area (Å²) < 4.78 is 5.08. The van der Waals surface area contributed by atoms with E-state index in [0.717, 1.165) is 11.1 Å². The van der Waals surface area contributed by atoms with Crippen molar-refractivity contribution in [2.24, 2.45) is 0 Å². The molecule has 2 aromatic rings. The SMILES string of the molecule is O=C(NCc1[c]cc(Cl)cc1)OCc1ccccc1. The average Bonchev–Trinajstić information content (AvgIpc) is 2.45. The molecule has 0 fully saturated rings. The minimum atomic E-state index is -0.452. The first-order valence-corrected chi connectivity index (χ1v) is 6.22. The van der Waals surface area contributed by atoms with Gasteiger partial charge in [-0.2, -0.15) is 0 Å². The number of amides is 1. The fraction of sp³-hybridized carbons (Fsp3) is 0.133. The zero-order chi connectivity index (χ0) is 13.5. The van der Waals surface area contributed by atoms with Gasteiger partial charge in [0.15, 0.2) is 0 Å². The second kappa shape index (κ2) is 6.81. The van der Waals surface area contributed by atoms with Crippen LogP contribution in [-0.4, -0.2) is 6.09 Å². The maximum Gasteiger partial charge on any atom is 0.407 e. The van der Waals surface area contributed by atoms with E-state index in [0.29, 0.717) is 11.6 Å². The first kappa shape index (κ1) is 13.4. The van der Waals surface area contributed by atoms with Gasteiger partial charge in [-0.05, 0) is 29.3 Å². The van der Waals surface area contributed by atoms with Crippen molar-refractivity contribution in [1.29, 1.82) is 0 Å². The number of halogens is 1. The smallest absolute Gasteiger partial charge is 0.407 e. The van der Waals surface area contributed by atoms with E-state index in [-0.39, 0.29) is 6.61 Å². The number of alkyl carbamates (subject to hydrolysis) is 1. The Balaban J connectivity index is 1.74. The summed E-state index contributed by atoms with van der Waals surface area (Å²) in [5.74, 6) is 0. The molecule has 0 aliphatic heterocycles. The lowest BCUT2D eigenvalue weighted by molar-refractivity contribution is 0.139. The van der Waals surface area contributed by atoms with E-state index in [9.17, 15) is 4.79 Å². The standard InChI is InChI=1S/C15H13ClNO2/c16-14-8-6-12(7-9-14)10-17-15(18)19-11-13-4-2-1-3-5-13/h1-6,8-9H,10-11H2,(H,17,18). The van der Waals surface area contributed by atoms with Crippen molar-refractivity contribution in [1.82, 2.24) is 5.32 Å². The number of nitrogens with one attached hydrogen (secondary N) is 1. The number of carbonyl (C=O) groups is 1. The van der Waals surface area contributed by atoms with Crippen LogP contribution >= 0.6 is 11.6 Å². The summed E-state index contributed by atoms with van der Waals surface area (Å²) in [6, 6.07) is 17.7. The van der Waals surface area contributed by atoms with Gasteiger partial charge in [-0.25, -0.2) is 4.79 Å². The van der Waals surface area contributed by atoms with Crippen LogP contribution < -0.4 is 5.32 Å². The van der Waals surface area contributed by atoms with Gasteiger partial charge in [0.05, 0.1) is 0 Å². The van der Waals surface area contributed by atoms with E-state index in [1.54, 1.807) is 18.2 Å². The van der Waals surface area contributed by atoms with Gasteiger partial charge in [0.2, 0.25) is 0 Å². The lowest BCUT2D eigenvalue weighted by Gasteiger charge is -2.07. The van der Waals surface area contributed by atoms with Crippen LogP contribution in [0.1, 0.15) is 11.1 Å². The molecule has 19 heavy (non-hydrogen) atoms. The maximum absolute atomic E-state index is 11.5. The predicted molar refractivity (Wildman–Crippen MR) is 73.8 cm³/mol. The van der Waals surface area contributed by atoms with Crippen molar-refractivity contribution in [2.45, 2.75) is 13.2 Å². The molecule has 0 aromatic heterocycles.